The van der Waals surface area contributed by atoms with E-state index in [1.807, 2.05) is 13.8 Å². The number of amides is 3. The van der Waals surface area contributed by atoms with Gasteiger partial charge in [0.25, 0.3) is 0 Å². The van der Waals surface area contributed by atoms with Crippen LogP contribution in [0.2, 0.25) is 0 Å². The molecule has 0 aromatic heterocycles. The molecule has 0 unspecified atom stereocenters. The van der Waals surface area contributed by atoms with Crippen LogP contribution in [0.25, 0.3) is 0 Å². The summed E-state index contributed by atoms with van der Waals surface area (Å²) < 4.78 is 16.2. The van der Waals surface area contributed by atoms with E-state index >= 15 is 0 Å². The normalized spacial score (nSPS) is 18.0. The van der Waals surface area contributed by atoms with Gasteiger partial charge in [0.1, 0.15) is 23.6 Å². The first-order valence-corrected chi connectivity index (χ1v) is 9.10. The SMILES string of the molecule is COc1ccc(OC)c(N2CCN(CC(=O)NCC3=NCC(C)(C)O3)C2=O)c1. The van der Waals surface area contributed by atoms with E-state index in [1.54, 1.807) is 37.3 Å². The molecule has 2 aliphatic rings. The topological polar surface area (TPSA) is 92.7 Å². The van der Waals surface area contributed by atoms with Gasteiger partial charge in [0.15, 0.2) is 0 Å². The molecule has 0 spiro atoms. The molecule has 1 aromatic rings. The van der Waals surface area contributed by atoms with Crippen LogP contribution in [-0.4, -0.2) is 75.3 Å². The molecule has 3 amide bonds. The summed E-state index contributed by atoms with van der Waals surface area (Å²) in [5.41, 5.74) is 0.284. The first-order valence-electron chi connectivity index (χ1n) is 9.10. The van der Waals surface area contributed by atoms with Crippen LogP contribution in [0.1, 0.15) is 13.8 Å². The highest BCUT2D eigenvalue weighted by Crippen LogP contribution is 2.34. The summed E-state index contributed by atoms with van der Waals surface area (Å²) in [6, 6.07) is 5.01. The van der Waals surface area contributed by atoms with Crippen molar-refractivity contribution in [2.75, 3.05) is 51.8 Å². The summed E-state index contributed by atoms with van der Waals surface area (Å²) in [4.78, 5) is 32.4. The van der Waals surface area contributed by atoms with Gasteiger partial charge in [-0.25, -0.2) is 9.79 Å². The Kier molecular flexibility index (Phi) is 5.62. The number of carbonyl (C=O) groups is 2. The van der Waals surface area contributed by atoms with E-state index in [-0.39, 0.29) is 30.6 Å². The smallest absolute Gasteiger partial charge is 0.325 e. The fourth-order valence-electron chi connectivity index (χ4n) is 3.12. The molecule has 0 bridgehead atoms. The number of carbonyl (C=O) groups excluding carboxylic acids is 2. The zero-order chi connectivity index (χ0) is 20.3. The summed E-state index contributed by atoms with van der Waals surface area (Å²) >= 11 is 0. The Morgan fingerprint density at radius 3 is 2.71 bits per heavy atom. The van der Waals surface area contributed by atoms with Gasteiger partial charge >= 0.3 is 6.03 Å². The maximum absolute atomic E-state index is 12.8. The van der Waals surface area contributed by atoms with Crippen LogP contribution in [0, 0.1) is 0 Å². The van der Waals surface area contributed by atoms with Gasteiger partial charge in [0.05, 0.1) is 33.0 Å². The number of nitrogens with one attached hydrogen (secondary N) is 1. The zero-order valence-corrected chi connectivity index (χ0v) is 16.7. The van der Waals surface area contributed by atoms with Crippen LogP contribution in [0.15, 0.2) is 23.2 Å². The summed E-state index contributed by atoms with van der Waals surface area (Å²) in [5, 5.41) is 2.75. The van der Waals surface area contributed by atoms with Crippen molar-refractivity contribution in [3.8, 4) is 11.5 Å². The summed E-state index contributed by atoms with van der Waals surface area (Å²) in [6.45, 7) is 5.54. The number of methoxy groups -OCH3 is 2. The van der Waals surface area contributed by atoms with Crippen molar-refractivity contribution in [3.63, 3.8) is 0 Å². The van der Waals surface area contributed by atoms with Crippen LogP contribution in [-0.2, 0) is 9.53 Å². The van der Waals surface area contributed by atoms with Crippen LogP contribution in [0.5, 0.6) is 11.5 Å². The number of hydrogen-bond acceptors (Lipinski definition) is 6. The molecule has 0 aliphatic carbocycles. The van der Waals surface area contributed by atoms with E-state index < -0.39 is 0 Å². The molecule has 2 aliphatic heterocycles. The average molecular weight is 390 g/mol. The maximum Gasteiger partial charge on any atom is 0.325 e. The lowest BCUT2D eigenvalue weighted by molar-refractivity contribution is -0.121. The van der Waals surface area contributed by atoms with Gasteiger partial charge in [-0.3, -0.25) is 9.69 Å². The second-order valence-electron chi connectivity index (χ2n) is 7.24. The van der Waals surface area contributed by atoms with Gasteiger partial charge in [-0.2, -0.15) is 0 Å². The van der Waals surface area contributed by atoms with E-state index in [0.29, 0.717) is 42.7 Å². The third-order valence-corrected chi connectivity index (χ3v) is 4.57. The first kappa shape index (κ1) is 19.8. The number of aliphatic imine (C=N–C) groups is 1. The standard InChI is InChI=1S/C19H26N4O5/c1-19(2)12-21-17(28-19)10-20-16(24)11-22-7-8-23(18(22)25)14-9-13(26-3)5-6-15(14)27-4/h5-6,9H,7-8,10-12H2,1-4H3,(H,20,24). The van der Waals surface area contributed by atoms with Crippen LogP contribution >= 0.6 is 0 Å². The number of nitrogens with zero attached hydrogens (tertiary/aromatic N) is 3. The quantitative estimate of drug-likeness (QED) is 0.757. The Morgan fingerprint density at radius 2 is 2.07 bits per heavy atom. The average Bonchev–Trinajstić information content (AvgIpc) is 3.21. The molecular weight excluding hydrogens is 364 g/mol. The molecule has 1 saturated heterocycles. The summed E-state index contributed by atoms with van der Waals surface area (Å²) in [7, 11) is 3.11. The Labute approximate surface area is 164 Å². The number of rotatable bonds is 7. The van der Waals surface area contributed by atoms with E-state index in [9.17, 15) is 9.59 Å². The minimum atomic E-state index is -0.332. The molecule has 1 fully saturated rings. The molecule has 152 valence electrons. The molecule has 0 atom stereocenters. The van der Waals surface area contributed by atoms with E-state index in [1.165, 1.54) is 4.90 Å². The predicted molar refractivity (Wildman–Crippen MR) is 104 cm³/mol. The van der Waals surface area contributed by atoms with Gasteiger partial charge in [0.2, 0.25) is 11.8 Å². The van der Waals surface area contributed by atoms with Crippen molar-refractivity contribution in [1.82, 2.24) is 10.2 Å². The summed E-state index contributed by atoms with van der Waals surface area (Å²) in [5.74, 6) is 1.44. The highest BCUT2D eigenvalue weighted by Gasteiger charge is 2.33. The van der Waals surface area contributed by atoms with E-state index in [0.717, 1.165) is 0 Å². The van der Waals surface area contributed by atoms with Crippen molar-refractivity contribution < 1.29 is 23.8 Å². The van der Waals surface area contributed by atoms with E-state index in [2.05, 4.69) is 10.3 Å². The zero-order valence-electron chi connectivity index (χ0n) is 16.7. The molecule has 1 N–H and O–H groups in total. The monoisotopic (exact) mass is 390 g/mol. The molecule has 9 heteroatoms. The molecular formula is C19H26N4O5. The second kappa shape index (κ2) is 7.95. The van der Waals surface area contributed by atoms with Gasteiger partial charge < -0.3 is 24.4 Å². The third kappa shape index (κ3) is 4.29. The van der Waals surface area contributed by atoms with Crippen LogP contribution in [0.4, 0.5) is 10.5 Å². The lowest BCUT2D eigenvalue weighted by atomic mass is 10.1. The van der Waals surface area contributed by atoms with Gasteiger partial charge in [-0.1, -0.05) is 0 Å². The maximum atomic E-state index is 12.8. The van der Waals surface area contributed by atoms with Crippen molar-refractivity contribution in [3.05, 3.63) is 18.2 Å². The summed E-state index contributed by atoms with van der Waals surface area (Å²) in [6.07, 6.45) is 0. The van der Waals surface area contributed by atoms with Crippen molar-refractivity contribution in [2.24, 2.45) is 4.99 Å². The molecule has 9 nitrogen and oxygen atoms in total. The fraction of sp³-hybridized carbons (Fsp3) is 0.526. The number of benzene rings is 1. The Hall–Kier alpha value is -2.97. The highest BCUT2D eigenvalue weighted by molar-refractivity contribution is 5.98. The van der Waals surface area contributed by atoms with Gasteiger partial charge in [-0.15, -0.1) is 0 Å². The minimum absolute atomic E-state index is 0.0295. The first-order chi connectivity index (χ1) is 13.3. The van der Waals surface area contributed by atoms with Crippen LogP contribution < -0.4 is 19.7 Å². The van der Waals surface area contributed by atoms with Crippen molar-refractivity contribution in [1.29, 1.82) is 0 Å². The Bertz CT molecular complexity index is 793. The lowest BCUT2D eigenvalue weighted by Crippen LogP contribution is -2.41. The predicted octanol–water partition coefficient (Wildman–Crippen LogP) is 1.27. The fourth-order valence-corrected chi connectivity index (χ4v) is 3.12. The third-order valence-electron chi connectivity index (χ3n) is 4.57. The highest BCUT2D eigenvalue weighted by atomic mass is 16.5. The molecule has 2 heterocycles. The van der Waals surface area contributed by atoms with E-state index in [4.69, 9.17) is 14.2 Å². The van der Waals surface area contributed by atoms with Crippen molar-refractivity contribution in [2.45, 2.75) is 19.4 Å². The Morgan fingerprint density at radius 1 is 1.29 bits per heavy atom. The molecule has 0 radical (unpaired) electrons. The number of hydrogen-bond donors (Lipinski definition) is 1. The minimum Gasteiger partial charge on any atom is -0.497 e. The van der Waals surface area contributed by atoms with Crippen LogP contribution in [0.3, 0.4) is 0 Å². The largest absolute Gasteiger partial charge is 0.497 e. The van der Waals surface area contributed by atoms with Crippen molar-refractivity contribution >= 4 is 23.5 Å². The Balaban J connectivity index is 1.58. The number of urea groups is 1. The molecule has 1 aromatic carbocycles. The lowest BCUT2D eigenvalue weighted by Gasteiger charge is -2.21. The van der Waals surface area contributed by atoms with Gasteiger partial charge in [-0.05, 0) is 26.0 Å². The molecule has 0 saturated carbocycles. The van der Waals surface area contributed by atoms with Gasteiger partial charge in [0, 0.05) is 19.2 Å². The number of anilines is 1. The number of ether oxygens (including phenoxy) is 3. The second-order valence-corrected chi connectivity index (χ2v) is 7.24. The molecule has 28 heavy (non-hydrogen) atoms. The molecule has 3 rings (SSSR count).